The molecule has 0 aliphatic carbocycles. The largest absolute Gasteiger partial charge is 0.481 e. The third kappa shape index (κ3) is 5.70. The summed E-state index contributed by atoms with van der Waals surface area (Å²) in [4.78, 5) is 21.0. The van der Waals surface area contributed by atoms with Gasteiger partial charge in [0.25, 0.3) is 0 Å². The molecule has 0 heterocycles. The van der Waals surface area contributed by atoms with Crippen molar-refractivity contribution in [2.24, 2.45) is 0 Å². The predicted molar refractivity (Wildman–Crippen MR) is 44.8 cm³/mol. The van der Waals surface area contributed by atoms with Crippen molar-refractivity contribution in [1.29, 1.82) is 0 Å². The summed E-state index contributed by atoms with van der Waals surface area (Å²) < 4.78 is 0. The smallest absolute Gasteiger partial charge is 0.303 e. The van der Waals surface area contributed by atoms with Gasteiger partial charge in [-0.2, -0.15) is 0 Å². The van der Waals surface area contributed by atoms with E-state index >= 15 is 0 Å². The highest BCUT2D eigenvalue weighted by Gasteiger charge is 2.06. The molecule has 0 radical (unpaired) electrons. The lowest BCUT2D eigenvalue weighted by Gasteiger charge is -2.11. The SMILES string of the molecule is CCC(=O)NC(C)CCC(=O)O. The number of hydrogen-bond donors (Lipinski definition) is 2. The molecule has 0 aromatic heterocycles. The Bertz CT molecular complexity index is 168. The minimum Gasteiger partial charge on any atom is -0.481 e. The lowest BCUT2D eigenvalue weighted by molar-refractivity contribution is -0.137. The maximum absolute atomic E-state index is 10.8. The molecule has 0 spiro atoms. The number of carbonyl (C=O) groups is 2. The number of carboxylic acid groups (broad SMARTS) is 1. The van der Waals surface area contributed by atoms with Gasteiger partial charge in [-0.05, 0) is 13.3 Å². The summed E-state index contributed by atoms with van der Waals surface area (Å²) in [7, 11) is 0. The number of amides is 1. The number of rotatable bonds is 5. The van der Waals surface area contributed by atoms with Crippen molar-refractivity contribution < 1.29 is 14.7 Å². The molecule has 0 rings (SSSR count). The minimum absolute atomic E-state index is 0.0344. The summed E-state index contributed by atoms with van der Waals surface area (Å²) in [6.07, 6.45) is 1.03. The second kappa shape index (κ2) is 5.57. The van der Waals surface area contributed by atoms with Crippen LogP contribution >= 0.6 is 0 Å². The van der Waals surface area contributed by atoms with Crippen LogP contribution in [0.4, 0.5) is 0 Å². The maximum Gasteiger partial charge on any atom is 0.303 e. The fraction of sp³-hybridized carbons (Fsp3) is 0.750. The van der Waals surface area contributed by atoms with Gasteiger partial charge in [0.05, 0.1) is 0 Å². The Morgan fingerprint density at radius 1 is 1.50 bits per heavy atom. The van der Waals surface area contributed by atoms with Crippen LogP contribution < -0.4 is 5.32 Å². The number of aliphatic carboxylic acids is 1. The van der Waals surface area contributed by atoms with Gasteiger partial charge in [-0.15, -0.1) is 0 Å². The molecule has 12 heavy (non-hydrogen) atoms. The average molecular weight is 173 g/mol. The molecule has 0 aromatic rings. The van der Waals surface area contributed by atoms with Crippen molar-refractivity contribution in [2.45, 2.75) is 39.2 Å². The first-order chi connectivity index (χ1) is 5.56. The van der Waals surface area contributed by atoms with Crippen LogP contribution in [0.25, 0.3) is 0 Å². The molecule has 1 atom stereocenters. The van der Waals surface area contributed by atoms with Crippen LogP contribution in [0.1, 0.15) is 33.1 Å². The lowest BCUT2D eigenvalue weighted by atomic mass is 10.2. The minimum atomic E-state index is -0.826. The Morgan fingerprint density at radius 2 is 2.08 bits per heavy atom. The van der Waals surface area contributed by atoms with Crippen LogP contribution in [-0.4, -0.2) is 23.0 Å². The molecule has 0 bridgehead atoms. The summed E-state index contributed by atoms with van der Waals surface area (Å²) in [5.41, 5.74) is 0. The van der Waals surface area contributed by atoms with Gasteiger partial charge in [-0.25, -0.2) is 0 Å². The van der Waals surface area contributed by atoms with E-state index in [0.29, 0.717) is 12.8 Å². The van der Waals surface area contributed by atoms with E-state index in [1.54, 1.807) is 13.8 Å². The van der Waals surface area contributed by atoms with E-state index in [4.69, 9.17) is 5.11 Å². The second-order valence-electron chi connectivity index (χ2n) is 2.75. The zero-order valence-electron chi connectivity index (χ0n) is 7.46. The van der Waals surface area contributed by atoms with Crippen LogP contribution in [0.2, 0.25) is 0 Å². The summed E-state index contributed by atoms with van der Waals surface area (Å²) in [6, 6.07) is -0.0476. The van der Waals surface area contributed by atoms with Gasteiger partial charge in [0, 0.05) is 18.9 Å². The van der Waals surface area contributed by atoms with Crippen molar-refractivity contribution in [3.8, 4) is 0 Å². The molecule has 0 saturated heterocycles. The average Bonchev–Trinajstić information content (AvgIpc) is 2.00. The van der Waals surface area contributed by atoms with E-state index in [9.17, 15) is 9.59 Å². The highest BCUT2D eigenvalue weighted by atomic mass is 16.4. The van der Waals surface area contributed by atoms with E-state index in [2.05, 4.69) is 5.32 Å². The summed E-state index contributed by atoms with van der Waals surface area (Å²) in [5, 5.41) is 11.0. The van der Waals surface area contributed by atoms with E-state index in [1.165, 1.54) is 0 Å². The summed E-state index contributed by atoms with van der Waals surface area (Å²) >= 11 is 0. The van der Waals surface area contributed by atoms with Crippen molar-refractivity contribution in [3.05, 3.63) is 0 Å². The van der Waals surface area contributed by atoms with E-state index < -0.39 is 5.97 Å². The first-order valence-electron chi connectivity index (χ1n) is 4.07. The van der Waals surface area contributed by atoms with Gasteiger partial charge in [0.1, 0.15) is 0 Å². The Morgan fingerprint density at radius 3 is 2.50 bits per heavy atom. The zero-order valence-corrected chi connectivity index (χ0v) is 7.46. The van der Waals surface area contributed by atoms with Crippen LogP contribution in [0.5, 0.6) is 0 Å². The van der Waals surface area contributed by atoms with Gasteiger partial charge < -0.3 is 10.4 Å². The lowest BCUT2D eigenvalue weighted by Crippen LogP contribution is -2.32. The number of nitrogens with one attached hydrogen (secondary N) is 1. The highest BCUT2D eigenvalue weighted by Crippen LogP contribution is 1.96. The number of carboxylic acids is 1. The Balaban J connectivity index is 3.52. The summed E-state index contributed by atoms with van der Waals surface area (Å²) in [5.74, 6) is -0.861. The molecule has 1 amide bonds. The first-order valence-corrected chi connectivity index (χ1v) is 4.07. The molecular formula is C8H15NO3. The molecule has 70 valence electrons. The van der Waals surface area contributed by atoms with E-state index in [1.807, 2.05) is 0 Å². The molecule has 0 saturated carbocycles. The van der Waals surface area contributed by atoms with Crippen molar-refractivity contribution in [2.75, 3.05) is 0 Å². The third-order valence-corrected chi connectivity index (χ3v) is 1.52. The monoisotopic (exact) mass is 173 g/mol. The standard InChI is InChI=1S/C8H15NO3/c1-3-7(10)9-6(2)4-5-8(11)12/h6H,3-5H2,1-2H3,(H,9,10)(H,11,12). The molecule has 4 nitrogen and oxygen atoms in total. The van der Waals surface area contributed by atoms with E-state index in [0.717, 1.165) is 0 Å². The maximum atomic E-state index is 10.8. The second-order valence-corrected chi connectivity index (χ2v) is 2.75. The van der Waals surface area contributed by atoms with Crippen molar-refractivity contribution >= 4 is 11.9 Å². The van der Waals surface area contributed by atoms with Gasteiger partial charge in [-0.3, -0.25) is 9.59 Å². The predicted octanol–water partition coefficient (Wildman–Crippen LogP) is 0.766. The van der Waals surface area contributed by atoms with Gasteiger partial charge in [0.15, 0.2) is 0 Å². The molecular weight excluding hydrogens is 158 g/mol. The fourth-order valence-electron chi connectivity index (χ4n) is 0.789. The van der Waals surface area contributed by atoms with Gasteiger partial charge in [0.2, 0.25) is 5.91 Å². The van der Waals surface area contributed by atoms with Gasteiger partial charge in [-0.1, -0.05) is 6.92 Å². The molecule has 0 aliphatic heterocycles. The number of carbonyl (C=O) groups excluding carboxylic acids is 1. The van der Waals surface area contributed by atoms with Crippen LogP contribution in [0, 0.1) is 0 Å². The summed E-state index contributed by atoms with van der Waals surface area (Å²) in [6.45, 7) is 3.57. The first kappa shape index (κ1) is 10.9. The molecule has 2 N–H and O–H groups in total. The molecule has 0 aromatic carbocycles. The highest BCUT2D eigenvalue weighted by molar-refractivity contribution is 5.75. The third-order valence-electron chi connectivity index (χ3n) is 1.52. The van der Waals surface area contributed by atoms with Crippen LogP contribution in [-0.2, 0) is 9.59 Å². The van der Waals surface area contributed by atoms with Crippen molar-refractivity contribution in [3.63, 3.8) is 0 Å². The molecule has 4 heteroatoms. The van der Waals surface area contributed by atoms with Crippen LogP contribution in [0.15, 0.2) is 0 Å². The molecule has 0 fully saturated rings. The molecule has 0 aliphatic rings. The van der Waals surface area contributed by atoms with Gasteiger partial charge >= 0.3 is 5.97 Å². The fourth-order valence-corrected chi connectivity index (χ4v) is 0.789. The van der Waals surface area contributed by atoms with Crippen LogP contribution in [0.3, 0.4) is 0 Å². The Labute approximate surface area is 72.0 Å². The topological polar surface area (TPSA) is 66.4 Å². The normalized spacial score (nSPS) is 12.2. The van der Waals surface area contributed by atoms with E-state index in [-0.39, 0.29) is 18.4 Å². The quantitative estimate of drug-likeness (QED) is 0.645. The number of hydrogen-bond acceptors (Lipinski definition) is 2. The zero-order chi connectivity index (χ0) is 9.56. The molecule has 1 unspecified atom stereocenters. The Kier molecular flexibility index (Phi) is 5.08. The Hall–Kier alpha value is -1.06. The van der Waals surface area contributed by atoms with Crippen molar-refractivity contribution in [1.82, 2.24) is 5.32 Å².